The first-order valence-electron chi connectivity index (χ1n) is 22.0. The van der Waals surface area contributed by atoms with Crippen molar-refractivity contribution in [1.82, 2.24) is 0 Å². The van der Waals surface area contributed by atoms with Gasteiger partial charge in [-0.1, -0.05) is 0 Å². The van der Waals surface area contributed by atoms with Gasteiger partial charge in [-0.3, -0.25) is 10.6 Å². The number of amides is 2. The summed E-state index contributed by atoms with van der Waals surface area (Å²) in [6.07, 6.45) is 10.2. The molecule has 0 atom stereocenters. The molecule has 15 heteroatoms. The standard InChI is InChI=1S/C21H31NO5.C11H15NO3.C10H18O3.C6H10O.C2H4O/c1-5-6-7-8-13-24-14-15-25-16-17-26-19-11-9-18(10-12-19)22-20(23)27-21(2,3)4;1-11(2,3)15-10(14)12-8-4-6-9(13)7-5-8;1-2-3-4-5-7-12-9-10-13-8-6-11;1-2-3-4-5-6-7;1-2-3-1/h9-12H,7-8,13-17H2,1-4H3,(H,22,23);4-7,13H,1-3H3,(H,12,14);11H,4-10H2,1H3;1,7H,3-6H2;1-2H2. The normalized spacial score (nSPS) is 10.8. The van der Waals surface area contributed by atoms with Gasteiger partial charge in [-0.2, -0.15) is 0 Å². The Balaban J connectivity index is 0. The first-order valence-corrected chi connectivity index (χ1v) is 22.0. The maximum Gasteiger partial charge on any atom is 0.412 e. The zero-order valence-electron chi connectivity index (χ0n) is 40.3. The minimum absolute atomic E-state index is 0.0755. The number of hydrogen-bond acceptors (Lipinski definition) is 13. The van der Waals surface area contributed by atoms with E-state index in [1.165, 1.54) is 12.1 Å². The van der Waals surface area contributed by atoms with E-state index in [4.69, 9.17) is 54.9 Å². The fourth-order valence-corrected chi connectivity index (χ4v) is 4.06. The van der Waals surface area contributed by atoms with E-state index in [1.54, 1.807) is 57.2 Å². The predicted octanol–water partition coefficient (Wildman–Crippen LogP) is 8.60. The fraction of sp³-hybridized carbons (Fsp3) is 0.600. The number of terminal acetylenes is 1. The van der Waals surface area contributed by atoms with E-state index in [0.29, 0.717) is 70.0 Å². The van der Waals surface area contributed by atoms with Gasteiger partial charge in [0.15, 0.2) is 0 Å². The van der Waals surface area contributed by atoms with Crippen molar-refractivity contribution in [2.24, 2.45) is 0 Å². The number of benzene rings is 2. The molecule has 0 bridgehead atoms. The first kappa shape index (κ1) is 62.1. The van der Waals surface area contributed by atoms with Crippen LogP contribution in [0.3, 0.4) is 0 Å². The lowest BCUT2D eigenvalue weighted by molar-refractivity contribution is 0.0328. The van der Waals surface area contributed by atoms with E-state index < -0.39 is 23.4 Å². The molecule has 2 aromatic carbocycles. The topological polar surface area (TPSA) is 196 Å². The molecule has 1 fully saturated rings. The van der Waals surface area contributed by atoms with Gasteiger partial charge in [0.25, 0.3) is 0 Å². The van der Waals surface area contributed by atoms with Crippen LogP contribution in [-0.2, 0) is 33.2 Å². The van der Waals surface area contributed by atoms with Gasteiger partial charge in [0, 0.05) is 50.5 Å². The monoisotopic (exact) mass is 915 g/mol. The molecule has 2 amide bonds. The molecule has 3 rings (SSSR count). The molecule has 1 aliphatic heterocycles. The van der Waals surface area contributed by atoms with Crippen molar-refractivity contribution in [3.63, 3.8) is 0 Å². The minimum Gasteiger partial charge on any atom is -0.508 e. The van der Waals surface area contributed by atoms with E-state index in [-0.39, 0.29) is 19.0 Å². The van der Waals surface area contributed by atoms with Crippen molar-refractivity contribution >= 4 is 23.6 Å². The molecule has 1 saturated heterocycles. The highest BCUT2D eigenvalue weighted by Crippen LogP contribution is 2.18. The maximum absolute atomic E-state index is 11.7. The van der Waals surface area contributed by atoms with Crippen molar-refractivity contribution in [2.45, 2.75) is 112 Å². The van der Waals surface area contributed by atoms with E-state index in [9.17, 15) is 9.59 Å². The Labute approximate surface area is 389 Å². The van der Waals surface area contributed by atoms with Crippen molar-refractivity contribution < 1.29 is 62.8 Å². The lowest BCUT2D eigenvalue weighted by Gasteiger charge is -2.19. The second-order valence-corrected chi connectivity index (χ2v) is 15.4. The van der Waals surface area contributed by atoms with Crippen molar-refractivity contribution in [2.75, 3.05) is 96.5 Å². The lowest BCUT2D eigenvalue weighted by Crippen LogP contribution is -2.27. The van der Waals surface area contributed by atoms with Gasteiger partial charge in [-0.25, -0.2) is 9.59 Å². The summed E-state index contributed by atoms with van der Waals surface area (Å²) in [4.78, 5) is 23.0. The third kappa shape index (κ3) is 51.5. The molecule has 1 aliphatic rings. The van der Waals surface area contributed by atoms with E-state index in [1.807, 2.05) is 34.6 Å². The number of aliphatic hydroxyl groups is 2. The number of anilines is 2. The zero-order valence-corrected chi connectivity index (χ0v) is 40.3. The molecule has 2 aromatic rings. The van der Waals surface area contributed by atoms with Gasteiger partial charge >= 0.3 is 12.2 Å². The highest BCUT2D eigenvalue weighted by molar-refractivity contribution is 5.85. The second kappa shape index (κ2) is 42.9. The highest BCUT2D eigenvalue weighted by Gasteiger charge is 2.17. The van der Waals surface area contributed by atoms with Crippen molar-refractivity contribution in [3.8, 4) is 47.5 Å². The molecule has 0 radical (unpaired) electrons. The summed E-state index contributed by atoms with van der Waals surface area (Å²) in [6, 6.07) is 13.3. The molecular formula is C50H78N2O13. The quantitative estimate of drug-likeness (QED) is 0.0308. The lowest BCUT2D eigenvalue weighted by atomic mass is 10.2. The number of aliphatic hydroxyl groups excluding tert-OH is 2. The summed E-state index contributed by atoms with van der Waals surface area (Å²) >= 11 is 0. The molecule has 1 heterocycles. The molecule has 0 aromatic heterocycles. The number of rotatable bonds is 23. The number of hydrogen-bond donors (Lipinski definition) is 5. The van der Waals surface area contributed by atoms with Gasteiger partial charge in [0.05, 0.1) is 59.5 Å². The van der Waals surface area contributed by atoms with Crippen LogP contribution in [0.2, 0.25) is 0 Å². The van der Waals surface area contributed by atoms with Crippen molar-refractivity contribution in [3.05, 3.63) is 48.5 Å². The van der Waals surface area contributed by atoms with Crippen LogP contribution >= 0.6 is 0 Å². The summed E-state index contributed by atoms with van der Waals surface area (Å²) in [6.45, 7) is 21.9. The van der Waals surface area contributed by atoms with Crippen LogP contribution in [0.25, 0.3) is 0 Å². The number of ether oxygens (including phenoxy) is 8. The second-order valence-electron chi connectivity index (χ2n) is 15.4. The molecule has 366 valence electrons. The highest BCUT2D eigenvalue weighted by atomic mass is 16.6. The number of phenols is 1. The van der Waals surface area contributed by atoms with Crippen LogP contribution in [0.4, 0.5) is 21.0 Å². The Hall–Kier alpha value is -5.02. The molecular weight excluding hydrogens is 837 g/mol. The van der Waals surface area contributed by atoms with Gasteiger partial charge in [-0.15, -0.1) is 36.0 Å². The summed E-state index contributed by atoms with van der Waals surface area (Å²) < 4.78 is 41.5. The van der Waals surface area contributed by atoms with Crippen LogP contribution in [0.1, 0.15) is 100 Å². The molecule has 0 aliphatic carbocycles. The predicted molar refractivity (Wildman–Crippen MR) is 256 cm³/mol. The molecule has 0 unspecified atom stereocenters. The molecule has 0 spiro atoms. The Kier molecular flexibility index (Phi) is 41.0. The van der Waals surface area contributed by atoms with Crippen LogP contribution in [0.5, 0.6) is 11.5 Å². The minimum atomic E-state index is -0.526. The number of phenolic OH excluding ortho intramolecular Hbond substituents is 1. The number of aromatic hydroxyl groups is 1. The summed E-state index contributed by atoms with van der Waals surface area (Å²) in [5.41, 5.74) is 0.195. The number of carbonyl (C=O) groups is 2. The third-order valence-corrected chi connectivity index (χ3v) is 6.96. The fourth-order valence-electron chi connectivity index (χ4n) is 4.06. The Bertz CT molecular complexity index is 1610. The SMILES string of the molecule is C#CCCCCO.C1CO1.CC#CCCCOCCOCCO.CC#CCCCOCCOCCOc1ccc(NC(=O)OC(C)(C)C)cc1.CC(C)(C)OC(=O)Nc1ccc(O)cc1. The van der Waals surface area contributed by atoms with Gasteiger partial charge in [-0.05, 0) is 130 Å². The largest absolute Gasteiger partial charge is 0.508 e. The van der Waals surface area contributed by atoms with E-state index in [2.05, 4.69) is 45.0 Å². The van der Waals surface area contributed by atoms with E-state index >= 15 is 0 Å². The average Bonchev–Trinajstić information content (AvgIpc) is 4.14. The van der Waals surface area contributed by atoms with Crippen LogP contribution in [-0.4, -0.2) is 125 Å². The average molecular weight is 915 g/mol. The maximum atomic E-state index is 11.7. The molecule has 5 N–H and O–H groups in total. The summed E-state index contributed by atoms with van der Waals surface area (Å²) in [5.74, 6) is 15.0. The first-order chi connectivity index (χ1) is 31.1. The number of nitrogens with one attached hydrogen (secondary N) is 2. The molecule has 0 saturated carbocycles. The Morgan fingerprint density at radius 3 is 1.40 bits per heavy atom. The van der Waals surface area contributed by atoms with Crippen LogP contribution in [0, 0.1) is 36.0 Å². The number of unbranched alkanes of at least 4 members (excludes halogenated alkanes) is 4. The van der Waals surface area contributed by atoms with E-state index in [0.717, 1.165) is 64.8 Å². The van der Waals surface area contributed by atoms with Crippen LogP contribution in [0.15, 0.2) is 48.5 Å². The Morgan fingerprint density at radius 2 is 1.02 bits per heavy atom. The smallest absolute Gasteiger partial charge is 0.412 e. The third-order valence-electron chi connectivity index (χ3n) is 6.96. The van der Waals surface area contributed by atoms with Crippen LogP contribution < -0.4 is 15.4 Å². The summed E-state index contributed by atoms with van der Waals surface area (Å²) in [5, 5.41) is 30.9. The summed E-state index contributed by atoms with van der Waals surface area (Å²) in [7, 11) is 0. The Morgan fingerprint density at radius 1 is 0.600 bits per heavy atom. The zero-order chi connectivity index (χ0) is 48.9. The van der Waals surface area contributed by atoms with Crippen molar-refractivity contribution in [1.29, 1.82) is 0 Å². The molecule has 65 heavy (non-hydrogen) atoms. The van der Waals surface area contributed by atoms with Gasteiger partial charge in [0.1, 0.15) is 29.3 Å². The van der Waals surface area contributed by atoms with Gasteiger partial charge in [0.2, 0.25) is 0 Å². The van der Waals surface area contributed by atoms with Gasteiger partial charge < -0.3 is 53.2 Å². The number of epoxide rings is 1. The number of carbonyl (C=O) groups excluding carboxylic acids is 2. The molecule has 15 nitrogen and oxygen atoms in total.